The first-order valence-corrected chi connectivity index (χ1v) is 6.29. The second-order valence-corrected chi connectivity index (χ2v) is 4.82. The molecule has 1 atom stereocenters. The number of ether oxygens (including phenoxy) is 1. The zero-order chi connectivity index (χ0) is 16.9. The zero-order valence-electron chi connectivity index (χ0n) is 11.8. The van der Waals surface area contributed by atoms with Crippen LogP contribution in [-0.4, -0.2) is 40.8 Å². The smallest absolute Gasteiger partial charge is 0.422 e. The number of carboxylic acid groups (broad SMARTS) is 1. The third kappa shape index (κ3) is 5.58. The van der Waals surface area contributed by atoms with Crippen molar-refractivity contribution in [1.82, 2.24) is 10.3 Å². The van der Waals surface area contributed by atoms with Crippen molar-refractivity contribution in [2.45, 2.75) is 26.1 Å². The number of hydrogen-bond donors (Lipinski definition) is 2. The molecule has 0 radical (unpaired) electrons. The molecule has 9 heteroatoms. The summed E-state index contributed by atoms with van der Waals surface area (Å²) >= 11 is 0. The molecule has 0 fully saturated rings. The number of nitrogens with one attached hydrogen (secondary N) is 1. The molecule has 0 aliphatic heterocycles. The summed E-state index contributed by atoms with van der Waals surface area (Å²) in [7, 11) is 0. The fraction of sp³-hybridized carbons (Fsp3) is 0.462. The van der Waals surface area contributed by atoms with Crippen LogP contribution < -0.4 is 10.1 Å². The molecule has 6 nitrogen and oxygen atoms in total. The number of pyridine rings is 1. The maximum absolute atomic E-state index is 12.1. The SMILES string of the molecule is CC(C)C(NC(=O)c1ccnc(OCC(F)(F)F)c1)C(=O)O. The van der Waals surface area contributed by atoms with Crippen molar-refractivity contribution in [2.75, 3.05) is 6.61 Å². The Labute approximate surface area is 124 Å². The number of rotatable bonds is 6. The van der Waals surface area contributed by atoms with Gasteiger partial charge in [-0.15, -0.1) is 0 Å². The van der Waals surface area contributed by atoms with Crippen molar-refractivity contribution >= 4 is 11.9 Å². The predicted octanol–water partition coefficient (Wildman–Crippen LogP) is 1.86. The summed E-state index contributed by atoms with van der Waals surface area (Å²) in [4.78, 5) is 26.5. The van der Waals surface area contributed by atoms with Gasteiger partial charge >= 0.3 is 12.1 Å². The van der Waals surface area contributed by atoms with E-state index in [2.05, 4.69) is 15.0 Å². The first-order valence-electron chi connectivity index (χ1n) is 6.29. The number of carbonyl (C=O) groups excluding carboxylic acids is 1. The highest BCUT2D eigenvalue weighted by Gasteiger charge is 2.29. The highest BCUT2D eigenvalue weighted by molar-refractivity contribution is 5.96. The molecule has 2 N–H and O–H groups in total. The normalized spacial score (nSPS) is 12.8. The van der Waals surface area contributed by atoms with Crippen LogP contribution in [-0.2, 0) is 4.79 Å². The molecule has 0 spiro atoms. The number of carboxylic acids is 1. The second-order valence-electron chi connectivity index (χ2n) is 4.82. The van der Waals surface area contributed by atoms with Crippen LogP contribution in [0, 0.1) is 5.92 Å². The van der Waals surface area contributed by atoms with Gasteiger partial charge in [-0.2, -0.15) is 13.2 Å². The number of alkyl halides is 3. The van der Waals surface area contributed by atoms with E-state index in [0.29, 0.717) is 0 Å². The fourth-order valence-electron chi connectivity index (χ4n) is 1.52. The van der Waals surface area contributed by atoms with Gasteiger partial charge < -0.3 is 15.2 Å². The molecule has 122 valence electrons. The average Bonchev–Trinajstić information content (AvgIpc) is 2.41. The molecule has 1 aromatic rings. The van der Waals surface area contributed by atoms with E-state index in [9.17, 15) is 22.8 Å². The molecule has 0 aliphatic rings. The Hall–Kier alpha value is -2.32. The summed E-state index contributed by atoms with van der Waals surface area (Å²) in [6, 6.07) is 1.15. The molecule has 1 aromatic heterocycles. The summed E-state index contributed by atoms with van der Waals surface area (Å²) in [5.41, 5.74) is -0.0425. The number of aromatic nitrogens is 1. The van der Waals surface area contributed by atoms with E-state index in [1.165, 1.54) is 6.07 Å². The van der Waals surface area contributed by atoms with E-state index >= 15 is 0 Å². The Balaban J connectivity index is 2.80. The lowest BCUT2D eigenvalue weighted by molar-refractivity contribution is -0.154. The van der Waals surface area contributed by atoms with Crippen molar-refractivity contribution < 1.29 is 32.6 Å². The zero-order valence-corrected chi connectivity index (χ0v) is 11.8. The monoisotopic (exact) mass is 320 g/mol. The third-order valence-corrected chi connectivity index (χ3v) is 2.60. The number of halogens is 3. The van der Waals surface area contributed by atoms with Crippen molar-refractivity contribution in [2.24, 2.45) is 5.92 Å². The predicted molar refractivity (Wildman–Crippen MR) is 69.5 cm³/mol. The number of aliphatic carboxylic acids is 1. The first-order chi connectivity index (χ1) is 10.1. The van der Waals surface area contributed by atoms with Gasteiger partial charge in [0.15, 0.2) is 6.61 Å². The maximum atomic E-state index is 12.1. The van der Waals surface area contributed by atoms with E-state index in [0.717, 1.165) is 12.3 Å². The molecule has 0 aromatic carbocycles. The van der Waals surface area contributed by atoms with E-state index in [1.807, 2.05) is 0 Å². The molecule has 1 heterocycles. The quantitative estimate of drug-likeness (QED) is 0.835. The minimum absolute atomic E-state index is 0.0425. The van der Waals surface area contributed by atoms with Crippen molar-refractivity contribution in [1.29, 1.82) is 0 Å². The van der Waals surface area contributed by atoms with Crippen molar-refractivity contribution in [3.05, 3.63) is 23.9 Å². The van der Waals surface area contributed by atoms with Crippen molar-refractivity contribution in [3.8, 4) is 5.88 Å². The first kappa shape index (κ1) is 17.7. The highest BCUT2D eigenvalue weighted by atomic mass is 19.4. The molecule has 22 heavy (non-hydrogen) atoms. The summed E-state index contributed by atoms with van der Waals surface area (Å²) in [6.07, 6.45) is -3.42. The van der Waals surface area contributed by atoms with Gasteiger partial charge in [0.2, 0.25) is 5.88 Å². The Morgan fingerprint density at radius 1 is 1.41 bits per heavy atom. The second kappa shape index (κ2) is 7.10. The summed E-state index contributed by atoms with van der Waals surface area (Å²) in [5, 5.41) is 11.3. The molecule has 1 unspecified atom stereocenters. The fourth-order valence-corrected chi connectivity index (χ4v) is 1.52. The van der Waals surface area contributed by atoms with Gasteiger partial charge in [0, 0.05) is 17.8 Å². The Bertz CT molecular complexity index is 546. The number of amides is 1. The van der Waals surface area contributed by atoms with Crippen LogP contribution in [0.15, 0.2) is 18.3 Å². The Morgan fingerprint density at radius 2 is 2.05 bits per heavy atom. The summed E-state index contributed by atoms with van der Waals surface area (Å²) < 4.78 is 40.6. The molecule has 0 bridgehead atoms. The van der Waals surface area contributed by atoms with Gasteiger partial charge in [0.25, 0.3) is 5.91 Å². The van der Waals surface area contributed by atoms with E-state index in [-0.39, 0.29) is 17.4 Å². The van der Waals surface area contributed by atoms with Crippen LogP contribution in [0.1, 0.15) is 24.2 Å². The topological polar surface area (TPSA) is 88.5 Å². The van der Waals surface area contributed by atoms with Gasteiger partial charge in [-0.05, 0) is 12.0 Å². The van der Waals surface area contributed by atoms with Gasteiger partial charge in [0.05, 0.1) is 0 Å². The van der Waals surface area contributed by atoms with Crippen molar-refractivity contribution in [3.63, 3.8) is 0 Å². The van der Waals surface area contributed by atoms with E-state index in [4.69, 9.17) is 5.11 Å². The molecular weight excluding hydrogens is 305 g/mol. The lowest BCUT2D eigenvalue weighted by atomic mass is 10.0. The van der Waals surface area contributed by atoms with Crippen LogP contribution >= 0.6 is 0 Å². The van der Waals surface area contributed by atoms with Gasteiger partial charge in [0.1, 0.15) is 6.04 Å². The van der Waals surface area contributed by atoms with Crippen LogP contribution in [0.25, 0.3) is 0 Å². The molecule has 1 rings (SSSR count). The lowest BCUT2D eigenvalue weighted by Crippen LogP contribution is -2.44. The maximum Gasteiger partial charge on any atom is 0.422 e. The number of nitrogens with zero attached hydrogens (tertiary/aromatic N) is 1. The number of hydrogen-bond acceptors (Lipinski definition) is 4. The standard InChI is InChI=1S/C13H15F3N2O4/c1-7(2)10(12(20)21)18-11(19)8-3-4-17-9(5-8)22-6-13(14,15)16/h3-5,7,10H,6H2,1-2H3,(H,18,19)(H,20,21). The van der Waals surface area contributed by atoms with Crippen LogP contribution in [0.3, 0.4) is 0 Å². The Morgan fingerprint density at radius 3 is 2.55 bits per heavy atom. The molecule has 1 amide bonds. The minimum atomic E-state index is -4.52. The van der Waals surface area contributed by atoms with Crippen LogP contribution in [0.5, 0.6) is 5.88 Å². The Kier molecular flexibility index (Phi) is 5.72. The molecule has 0 saturated carbocycles. The third-order valence-electron chi connectivity index (χ3n) is 2.60. The molecule has 0 aliphatic carbocycles. The van der Waals surface area contributed by atoms with E-state index in [1.54, 1.807) is 13.8 Å². The molecule has 0 saturated heterocycles. The van der Waals surface area contributed by atoms with Gasteiger partial charge in [-0.1, -0.05) is 13.8 Å². The van der Waals surface area contributed by atoms with Gasteiger partial charge in [-0.25, -0.2) is 9.78 Å². The summed E-state index contributed by atoms with van der Waals surface area (Å²) in [6.45, 7) is 1.70. The average molecular weight is 320 g/mol. The van der Waals surface area contributed by atoms with Crippen LogP contribution in [0.4, 0.5) is 13.2 Å². The molecular formula is C13H15F3N2O4. The largest absolute Gasteiger partial charge is 0.480 e. The summed E-state index contributed by atoms with van der Waals surface area (Å²) in [5.74, 6) is -2.67. The number of carbonyl (C=O) groups is 2. The van der Waals surface area contributed by atoms with Gasteiger partial charge in [-0.3, -0.25) is 4.79 Å². The minimum Gasteiger partial charge on any atom is -0.480 e. The lowest BCUT2D eigenvalue weighted by Gasteiger charge is -2.18. The highest BCUT2D eigenvalue weighted by Crippen LogP contribution is 2.17. The van der Waals surface area contributed by atoms with Crippen LogP contribution in [0.2, 0.25) is 0 Å². The van der Waals surface area contributed by atoms with E-state index < -0.39 is 30.7 Å².